The van der Waals surface area contributed by atoms with Crippen LogP contribution in [0.25, 0.3) is 0 Å². The van der Waals surface area contributed by atoms with E-state index in [1.165, 1.54) is 5.56 Å². The largest absolute Gasteiger partial charge is 0.368 e. The highest BCUT2D eigenvalue weighted by atomic mass is 16.5. The molecular formula is C15H20N2O3. The molecule has 2 amide bonds. The third-order valence-corrected chi connectivity index (χ3v) is 3.29. The molecule has 108 valence electrons. The minimum Gasteiger partial charge on any atom is -0.368 e. The van der Waals surface area contributed by atoms with Gasteiger partial charge in [-0.05, 0) is 37.0 Å². The maximum atomic E-state index is 11.7. The van der Waals surface area contributed by atoms with E-state index < -0.39 is 6.10 Å². The number of rotatable bonds is 5. The molecule has 0 radical (unpaired) electrons. The van der Waals surface area contributed by atoms with Gasteiger partial charge in [-0.3, -0.25) is 9.59 Å². The lowest BCUT2D eigenvalue weighted by molar-refractivity contribution is -0.131. The molecule has 0 spiro atoms. The van der Waals surface area contributed by atoms with Gasteiger partial charge in [-0.1, -0.05) is 19.1 Å². The number of nitrogens with one attached hydrogen (secondary N) is 2. The topological polar surface area (TPSA) is 67.4 Å². The highest BCUT2D eigenvalue weighted by Crippen LogP contribution is 2.12. The standard InChI is InChI=1S/C15H20N2O3/c1-2-11-5-7-12(8-6-11)17-14(18)10-16-15(19)13-4-3-9-20-13/h5-8,13H,2-4,9-10H2,1H3,(H,16,19)(H,17,18). The summed E-state index contributed by atoms with van der Waals surface area (Å²) in [6.07, 6.45) is 2.19. The zero-order chi connectivity index (χ0) is 14.4. The summed E-state index contributed by atoms with van der Waals surface area (Å²) in [7, 11) is 0. The molecule has 20 heavy (non-hydrogen) atoms. The number of amides is 2. The van der Waals surface area contributed by atoms with Crippen LogP contribution in [0.4, 0.5) is 5.69 Å². The maximum Gasteiger partial charge on any atom is 0.249 e. The molecule has 0 bridgehead atoms. The quantitative estimate of drug-likeness (QED) is 0.856. The average Bonchev–Trinajstić information content (AvgIpc) is 3.00. The fourth-order valence-electron chi connectivity index (χ4n) is 2.09. The Morgan fingerprint density at radius 1 is 1.30 bits per heavy atom. The molecule has 2 rings (SSSR count). The number of aryl methyl sites for hydroxylation is 1. The molecule has 1 aromatic rings. The lowest BCUT2D eigenvalue weighted by Crippen LogP contribution is -2.39. The molecule has 0 aliphatic carbocycles. The first-order valence-corrected chi connectivity index (χ1v) is 6.97. The van der Waals surface area contributed by atoms with Crippen molar-refractivity contribution in [2.75, 3.05) is 18.5 Å². The van der Waals surface area contributed by atoms with Gasteiger partial charge in [-0.2, -0.15) is 0 Å². The Kier molecular flexibility index (Phi) is 5.12. The second-order valence-corrected chi connectivity index (χ2v) is 4.82. The molecule has 1 aromatic carbocycles. The monoisotopic (exact) mass is 276 g/mol. The fourth-order valence-corrected chi connectivity index (χ4v) is 2.09. The van der Waals surface area contributed by atoms with Crippen LogP contribution < -0.4 is 10.6 Å². The zero-order valence-electron chi connectivity index (χ0n) is 11.6. The lowest BCUT2D eigenvalue weighted by atomic mass is 10.1. The SMILES string of the molecule is CCc1ccc(NC(=O)CNC(=O)C2CCCO2)cc1. The summed E-state index contributed by atoms with van der Waals surface area (Å²) in [4.78, 5) is 23.4. The maximum absolute atomic E-state index is 11.7. The van der Waals surface area contributed by atoms with Gasteiger partial charge in [0.2, 0.25) is 11.8 Å². The number of hydrogen-bond acceptors (Lipinski definition) is 3. The highest BCUT2D eigenvalue weighted by molar-refractivity contribution is 5.95. The molecule has 1 fully saturated rings. The van der Waals surface area contributed by atoms with Gasteiger partial charge in [0.05, 0.1) is 6.54 Å². The van der Waals surface area contributed by atoms with Gasteiger partial charge in [0.25, 0.3) is 0 Å². The van der Waals surface area contributed by atoms with Crippen LogP contribution in [0.3, 0.4) is 0 Å². The van der Waals surface area contributed by atoms with Gasteiger partial charge in [0.15, 0.2) is 0 Å². The van der Waals surface area contributed by atoms with E-state index in [0.717, 1.165) is 24.9 Å². The van der Waals surface area contributed by atoms with Crippen molar-refractivity contribution >= 4 is 17.5 Å². The minimum absolute atomic E-state index is 0.0335. The van der Waals surface area contributed by atoms with Gasteiger partial charge in [0, 0.05) is 12.3 Å². The summed E-state index contributed by atoms with van der Waals surface area (Å²) >= 11 is 0. The van der Waals surface area contributed by atoms with Crippen LogP contribution in [0.1, 0.15) is 25.3 Å². The van der Waals surface area contributed by atoms with E-state index >= 15 is 0 Å². The first kappa shape index (κ1) is 14.5. The predicted octanol–water partition coefficient (Wildman–Crippen LogP) is 1.48. The van der Waals surface area contributed by atoms with E-state index in [4.69, 9.17) is 4.74 Å². The number of benzene rings is 1. The summed E-state index contributed by atoms with van der Waals surface area (Å²) in [5.74, 6) is -0.445. The molecule has 1 unspecified atom stereocenters. The first-order valence-electron chi connectivity index (χ1n) is 6.97. The van der Waals surface area contributed by atoms with Crippen molar-refractivity contribution in [3.05, 3.63) is 29.8 Å². The van der Waals surface area contributed by atoms with Crippen LogP contribution in [0.15, 0.2) is 24.3 Å². The summed E-state index contributed by atoms with van der Waals surface area (Å²) < 4.78 is 5.25. The molecule has 1 heterocycles. The second kappa shape index (κ2) is 7.05. The Morgan fingerprint density at radius 3 is 2.65 bits per heavy atom. The van der Waals surface area contributed by atoms with Crippen molar-refractivity contribution in [2.45, 2.75) is 32.3 Å². The molecule has 2 N–H and O–H groups in total. The Hall–Kier alpha value is -1.88. The van der Waals surface area contributed by atoms with Crippen LogP contribution in [-0.4, -0.2) is 31.1 Å². The van der Waals surface area contributed by atoms with E-state index in [0.29, 0.717) is 6.61 Å². The highest BCUT2D eigenvalue weighted by Gasteiger charge is 2.23. The summed E-state index contributed by atoms with van der Waals surface area (Å²) in [6.45, 7) is 2.66. The van der Waals surface area contributed by atoms with Crippen molar-refractivity contribution in [1.82, 2.24) is 5.32 Å². The predicted molar refractivity (Wildman–Crippen MR) is 76.4 cm³/mol. The third kappa shape index (κ3) is 4.06. The van der Waals surface area contributed by atoms with Gasteiger partial charge in [-0.15, -0.1) is 0 Å². The summed E-state index contributed by atoms with van der Waals surface area (Å²) in [5.41, 5.74) is 1.95. The molecule has 5 nitrogen and oxygen atoms in total. The summed E-state index contributed by atoms with van der Waals surface area (Å²) in [6, 6.07) is 7.67. The lowest BCUT2D eigenvalue weighted by Gasteiger charge is -2.10. The van der Waals surface area contributed by atoms with Crippen molar-refractivity contribution in [3.8, 4) is 0 Å². The minimum atomic E-state index is -0.397. The van der Waals surface area contributed by atoms with Gasteiger partial charge in [0.1, 0.15) is 6.10 Å². The van der Waals surface area contributed by atoms with Crippen LogP contribution in [0.2, 0.25) is 0 Å². The molecule has 1 aliphatic heterocycles. The molecule has 5 heteroatoms. The van der Waals surface area contributed by atoms with E-state index in [1.54, 1.807) is 0 Å². The number of carbonyl (C=O) groups is 2. The van der Waals surface area contributed by atoms with Crippen LogP contribution in [-0.2, 0) is 20.7 Å². The van der Waals surface area contributed by atoms with Crippen LogP contribution >= 0.6 is 0 Å². The molecular weight excluding hydrogens is 256 g/mol. The zero-order valence-corrected chi connectivity index (χ0v) is 11.6. The van der Waals surface area contributed by atoms with Gasteiger partial charge < -0.3 is 15.4 Å². The van der Waals surface area contributed by atoms with E-state index in [-0.39, 0.29) is 18.4 Å². The van der Waals surface area contributed by atoms with Crippen molar-refractivity contribution < 1.29 is 14.3 Å². The first-order chi connectivity index (χ1) is 9.69. The Bertz CT molecular complexity index is 465. The van der Waals surface area contributed by atoms with E-state index in [2.05, 4.69) is 17.6 Å². The van der Waals surface area contributed by atoms with Gasteiger partial charge >= 0.3 is 0 Å². The Morgan fingerprint density at radius 2 is 2.05 bits per heavy atom. The molecule has 0 aromatic heterocycles. The molecule has 1 atom stereocenters. The van der Waals surface area contributed by atoms with E-state index in [1.807, 2.05) is 24.3 Å². The number of carbonyl (C=O) groups excluding carboxylic acids is 2. The Balaban J connectivity index is 1.75. The van der Waals surface area contributed by atoms with Crippen molar-refractivity contribution in [3.63, 3.8) is 0 Å². The number of hydrogen-bond donors (Lipinski definition) is 2. The Labute approximate surface area is 118 Å². The normalized spacial score (nSPS) is 17.8. The number of ether oxygens (including phenoxy) is 1. The average molecular weight is 276 g/mol. The smallest absolute Gasteiger partial charge is 0.249 e. The fraction of sp³-hybridized carbons (Fsp3) is 0.467. The third-order valence-electron chi connectivity index (χ3n) is 3.29. The van der Waals surface area contributed by atoms with E-state index in [9.17, 15) is 9.59 Å². The molecule has 1 aliphatic rings. The summed E-state index contributed by atoms with van der Waals surface area (Å²) in [5, 5.41) is 5.34. The second-order valence-electron chi connectivity index (χ2n) is 4.82. The molecule has 1 saturated heterocycles. The van der Waals surface area contributed by atoms with Crippen LogP contribution in [0.5, 0.6) is 0 Å². The molecule has 0 saturated carbocycles. The van der Waals surface area contributed by atoms with Gasteiger partial charge in [-0.25, -0.2) is 0 Å². The van der Waals surface area contributed by atoms with Crippen molar-refractivity contribution in [1.29, 1.82) is 0 Å². The van der Waals surface area contributed by atoms with Crippen molar-refractivity contribution in [2.24, 2.45) is 0 Å². The number of anilines is 1. The van der Waals surface area contributed by atoms with Crippen LogP contribution in [0, 0.1) is 0 Å².